The van der Waals surface area contributed by atoms with Crippen molar-refractivity contribution in [3.63, 3.8) is 0 Å². The van der Waals surface area contributed by atoms with E-state index in [0.717, 1.165) is 24.9 Å². The molecule has 7 nitrogen and oxygen atoms in total. The standard InChI is InChI=1S/C24H32N4O3/c1-4-6-14-25-23(30)19-8-7-9-21(15-19)28-22(29)16-26-20-12-10-18(11-13-20)24(31)27-17(3)5-2/h7-13,15,17,26H,4-6,14,16H2,1-3H3,(H,25,30)(H,27,31)(H,28,29). The Morgan fingerprint density at radius 3 is 2.32 bits per heavy atom. The van der Waals surface area contributed by atoms with Crippen LogP contribution in [0.2, 0.25) is 0 Å². The second kappa shape index (κ2) is 12.4. The Morgan fingerprint density at radius 2 is 1.65 bits per heavy atom. The highest BCUT2D eigenvalue weighted by molar-refractivity contribution is 5.98. The van der Waals surface area contributed by atoms with Gasteiger partial charge in [-0.2, -0.15) is 0 Å². The van der Waals surface area contributed by atoms with Crippen LogP contribution in [0.15, 0.2) is 48.5 Å². The lowest BCUT2D eigenvalue weighted by molar-refractivity contribution is -0.114. The predicted molar refractivity (Wildman–Crippen MR) is 124 cm³/mol. The molecule has 0 saturated heterocycles. The van der Waals surface area contributed by atoms with Crippen molar-refractivity contribution in [3.05, 3.63) is 59.7 Å². The van der Waals surface area contributed by atoms with Crippen molar-refractivity contribution in [2.24, 2.45) is 0 Å². The molecule has 0 radical (unpaired) electrons. The third kappa shape index (κ3) is 8.12. The van der Waals surface area contributed by atoms with E-state index in [9.17, 15) is 14.4 Å². The van der Waals surface area contributed by atoms with Crippen LogP contribution in [0.25, 0.3) is 0 Å². The smallest absolute Gasteiger partial charge is 0.251 e. The minimum Gasteiger partial charge on any atom is -0.376 e. The summed E-state index contributed by atoms with van der Waals surface area (Å²) in [6, 6.07) is 13.9. The summed E-state index contributed by atoms with van der Waals surface area (Å²) in [5, 5.41) is 11.6. The maximum Gasteiger partial charge on any atom is 0.251 e. The summed E-state index contributed by atoms with van der Waals surface area (Å²) in [4.78, 5) is 36.5. The number of unbranched alkanes of at least 4 members (excludes halogenated alkanes) is 1. The normalized spacial score (nSPS) is 11.3. The molecule has 0 aliphatic heterocycles. The maximum atomic E-state index is 12.3. The molecule has 4 N–H and O–H groups in total. The van der Waals surface area contributed by atoms with Crippen molar-refractivity contribution >= 4 is 29.1 Å². The first-order chi connectivity index (χ1) is 14.9. The molecule has 0 spiro atoms. The highest BCUT2D eigenvalue weighted by Gasteiger charge is 2.10. The maximum absolute atomic E-state index is 12.3. The Bertz CT molecular complexity index is 881. The first-order valence-electron chi connectivity index (χ1n) is 10.8. The van der Waals surface area contributed by atoms with Gasteiger partial charge < -0.3 is 21.3 Å². The van der Waals surface area contributed by atoms with Crippen molar-refractivity contribution in [2.45, 2.75) is 46.1 Å². The zero-order valence-electron chi connectivity index (χ0n) is 18.5. The Kier molecular flexibility index (Phi) is 9.55. The molecule has 0 aliphatic carbocycles. The number of hydrogen-bond donors (Lipinski definition) is 4. The molecule has 0 fully saturated rings. The van der Waals surface area contributed by atoms with Gasteiger partial charge in [-0.05, 0) is 62.2 Å². The van der Waals surface area contributed by atoms with Crippen molar-refractivity contribution in [1.29, 1.82) is 0 Å². The van der Waals surface area contributed by atoms with Crippen molar-refractivity contribution in [2.75, 3.05) is 23.7 Å². The first kappa shape index (κ1) is 23.9. The highest BCUT2D eigenvalue weighted by atomic mass is 16.2. The fraction of sp³-hybridized carbons (Fsp3) is 0.375. The summed E-state index contributed by atoms with van der Waals surface area (Å²) < 4.78 is 0. The third-order valence-electron chi connectivity index (χ3n) is 4.81. The van der Waals surface area contributed by atoms with Crippen molar-refractivity contribution in [3.8, 4) is 0 Å². The molecular weight excluding hydrogens is 392 g/mol. The number of anilines is 2. The Balaban J connectivity index is 1.84. The van der Waals surface area contributed by atoms with Gasteiger partial charge in [0.2, 0.25) is 5.91 Å². The number of nitrogens with one attached hydrogen (secondary N) is 4. The summed E-state index contributed by atoms with van der Waals surface area (Å²) in [5.74, 6) is -0.500. The molecule has 31 heavy (non-hydrogen) atoms. The van der Waals surface area contributed by atoms with E-state index in [0.29, 0.717) is 23.4 Å². The van der Waals surface area contributed by atoms with Gasteiger partial charge in [-0.1, -0.05) is 26.3 Å². The molecule has 166 valence electrons. The molecule has 2 aromatic carbocycles. The largest absolute Gasteiger partial charge is 0.376 e. The van der Waals surface area contributed by atoms with Crippen LogP contribution in [0, 0.1) is 0 Å². The lowest BCUT2D eigenvalue weighted by Crippen LogP contribution is -2.31. The van der Waals surface area contributed by atoms with Gasteiger partial charge in [0.15, 0.2) is 0 Å². The van der Waals surface area contributed by atoms with Gasteiger partial charge in [-0.15, -0.1) is 0 Å². The lowest BCUT2D eigenvalue weighted by Gasteiger charge is -2.12. The molecule has 0 bridgehead atoms. The van der Waals surface area contributed by atoms with Crippen LogP contribution in [-0.2, 0) is 4.79 Å². The van der Waals surface area contributed by atoms with Crippen LogP contribution < -0.4 is 21.3 Å². The molecule has 0 aliphatic rings. The molecule has 7 heteroatoms. The van der Waals surface area contributed by atoms with Crippen LogP contribution >= 0.6 is 0 Å². The third-order valence-corrected chi connectivity index (χ3v) is 4.81. The first-order valence-corrected chi connectivity index (χ1v) is 10.8. The summed E-state index contributed by atoms with van der Waals surface area (Å²) in [7, 11) is 0. The quantitative estimate of drug-likeness (QED) is 0.412. The molecule has 2 aromatic rings. The van der Waals surface area contributed by atoms with Crippen molar-refractivity contribution < 1.29 is 14.4 Å². The highest BCUT2D eigenvalue weighted by Crippen LogP contribution is 2.12. The minimum absolute atomic E-state index is 0.0608. The number of amides is 3. The Morgan fingerprint density at radius 1 is 0.903 bits per heavy atom. The molecule has 1 unspecified atom stereocenters. The topological polar surface area (TPSA) is 99.3 Å². The fourth-order valence-corrected chi connectivity index (χ4v) is 2.76. The van der Waals surface area contributed by atoms with Gasteiger partial charge in [-0.3, -0.25) is 14.4 Å². The Labute approximate surface area is 184 Å². The SMILES string of the molecule is CCCCNC(=O)c1cccc(NC(=O)CNc2ccc(C(=O)NC(C)CC)cc2)c1. The van der Waals surface area contributed by atoms with E-state index >= 15 is 0 Å². The second-order valence-electron chi connectivity index (χ2n) is 7.45. The molecular formula is C24H32N4O3. The van der Waals surface area contributed by atoms with Gasteiger partial charge in [0, 0.05) is 35.1 Å². The van der Waals surface area contributed by atoms with Gasteiger partial charge in [-0.25, -0.2) is 0 Å². The van der Waals surface area contributed by atoms with E-state index in [-0.39, 0.29) is 30.3 Å². The number of carbonyl (C=O) groups excluding carboxylic acids is 3. The van der Waals surface area contributed by atoms with Gasteiger partial charge in [0.25, 0.3) is 11.8 Å². The summed E-state index contributed by atoms with van der Waals surface area (Å²) in [5.41, 5.74) is 2.38. The van der Waals surface area contributed by atoms with Crippen LogP contribution in [0.3, 0.4) is 0 Å². The van der Waals surface area contributed by atoms with Gasteiger partial charge in [0.1, 0.15) is 0 Å². The number of rotatable bonds is 11. The molecule has 0 heterocycles. The molecule has 0 aromatic heterocycles. The number of benzene rings is 2. The van der Waals surface area contributed by atoms with E-state index in [4.69, 9.17) is 0 Å². The average molecular weight is 425 g/mol. The summed E-state index contributed by atoms with van der Waals surface area (Å²) >= 11 is 0. The van der Waals surface area contributed by atoms with E-state index in [1.807, 2.05) is 13.8 Å². The van der Waals surface area contributed by atoms with Crippen LogP contribution in [0.1, 0.15) is 60.7 Å². The summed E-state index contributed by atoms with van der Waals surface area (Å²) in [6.07, 6.45) is 2.81. The molecule has 3 amide bonds. The van der Waals surface area contributed by atoms with E-state index in [2.05, 4.69) is 28.2 Å². The molecule has 0 saturated carbocycles. The molecule has 2 rings (SSSR count). The monoisotopic (exact) mass is 424 g/mol. The Hall–Kier alpha value is -3.35. The van der Waals surface area contributed by atoms with Crippen LogP contribution in [0.5, 0.6) is 0 Å². The van der Waals surface area contributed by atoms with Crippen LogP contribution in [0.4, 0.5) is 11.4 Å². The van der Waals surface area contributed by atoms with E-state index in [1.165, 1.54) is 0 Å². The predicted octanol–water partition coefficient (Wildman–Crippen LogP) is 3.80. The van der Waals surface area contributed by atoms with E-state index in [1.54, 1.807) is 48.5 Å². The zero-order chi connectivity index (χ0) is 22.6. The van der Waals surface area contributed by atoms with Gasteiger partial charge >= 0.3 is 0 Å². The second-order valence-corrected chi connectivity index (χ2v) is 7.45. The number of hydrogen-bond acceptors (Lipinski definition) is 4. The zero-order valence-corrected chi connectivity index (χ0v) is 18.5. The lowest BCUT2D eigenvalue weighted by atomic mass is 10.1. The molecule has 1 atom stereocenters. The summed E-state index contributed by atoms with van der Waals surface area (Å²) in [6.45, 7) is 6.73. The van der Waals surface area contributed by atoms with Crippen LogP contribution in [-0.4, -0.2) is 36.9 Å². The average Bonchev–Trinajstić information content (AvgIpc) is 2.78. The van der Waals surface area contributed by atoms with Crippen molar-refractivity contribution in [1.82, 2.24) is 10.6 Å². The fourth-order valence-electron chi connectivity index (χ4n) is 2.76. The minimum atomic E-state index is -0.234. The van der Waals surface area contributed by atoms with E-state index < -0.39 is 0 Å². The number of carbonyl (C=O) groups is 3. The van der Waals surface area contributed by atoms with Gasteiger partial charge in [0.05, 0.1) is 6.54 Å².